The second-order valence-corrected chi connectivity index (χ2v) is 8.51. The van der Waals surface area contributed by atoms with Gasteiger partial charge in [0.2, 0.25) is 21.8 Å². The Hall–Kier alpha value is -3.49. The molecule has 3 aromatic carbocycles. The first-order valence-corrected chi connectivity index (χ1v) is 11.2. The molecule has 0 radical (unpaired) electrons. The van der Waals surface area contributed by atoms with E-state index in [0.717, 1.165) is 11.1 Å². The summed E-state index contributed by atoms with van der Waals surface area (Å²) in [4.78, 5) is 0.0139. The average Bonchev–Trinajstić information content (AvgIpc) is 3.30. The summed E-state index contributed by atoms with van der Waals surface area (Å²) in [5.41, 5.74) is 2.31. The van der Waals surface area contributed by atoms with E-state index in [9.17, 15) is 8.42 Å². The van der Waals surface area contributed by atoms with Crippen molar-refractivity contribution in [1.29, 1.82) is 0 Å². The van der Waals surface area contributed by atoms with Gasteiger partial charge in [-0.15, -0.1) is 10.2 Å². The van der Waals surface area contributed by atoms with Gasteiger partial charge in [0.05, 0.1) is 7.11 Å². The van der Waals surface area contributed by atoms with Crippen LogP contribution in [0, 0.1) is 0 Å². The molecule has 0 amide bonds. The molecule has 0 saturated carbocycles. The zero-order valence-electron chi connectivity index (χ0n) is 16.9. The summed E-state index contributed by atoms with van der Waals surface area (Å²) < 4.78 is 39.6. The summed E-state index contributed by atoms with van der Waals surface area (Å²) >= 11 is 0. The Labute approximate surface area is 180 Å². The fourth-order valence-electron chi connectivity index (χ4n) is 3.11. The maximum atomic E-state index is 13.0. The number of hydrogen-bond acceptors (Lipinski definition) is 6. The van der Waals surface area contributed by atoms with E-state index in [1.807, 2.05) is 60.7 Å². The standard InChI is InChI=1S/C23H21N3O4S/c1-29-20-13-12-19(23-26-25-22(30-23)18-10-6-3-7-11-18)16-21(20)31(27,28)24-15-14-17-8-4-2-5-9-17/h2-13,16,24H,14-15H2,1H3. The first kappa shape index (κ1) is 20.8. The molecule has 1 N–H and O–H groups in total. The molecule has 158 valence electrons. The summed E-state index contributed by atoms with van der Waals surface area (Å²) in [5, 5.41) is 8.14. The third kappa shape index (κ3) is 4.82. The van der Waals surface area contributed by atoms with Crippen molar-refractivity contribution in [1.82, 2.24) is 14.9 Å². The molecule has 1 heterocycles. The van der Waals surface area contributed by atoms with Gasteiger partial charge >= 0.3 is 0 Å². The third-order valence-corrected chi connectivity index (χ3v) is 6.18. The van der Waals surface area contributed by atoms with E-state index in [1.54, 1.807) is 12.1 Å². The van der Waals surface area contributed by atoms with Crippen LogP contribution in [0.4, 0.5) is 0 Å². The first-order chi connectivity index (χ1) is 15.1. The number of ether oxygens (including phenoxy) is 1. The highest BCUT2D eigenvalue weighted by atomic mass is 32.2. The van der Waals surface area contributed by atoms with Gasteiger partial charge in [-0.1, -0.05) is 48.5 Å². The van der Waals surface area contributed by atoms with E-state index in [0.29, 0.717) is 17.9 Å². The molecule has 7 nitrogen and oxygen atoms in total. The fourth-order valence-corrected chi connectivity index (χ4v) is 4.33. The smallest absolute Gasteiger partial charge is 0.248 e. The molecule has 4 rings (SSSR count). The van der Waals surface area contributed by atoms with E-state index < -0.39 is 10.0 Å². The second kappa shape index (κ2) is 9.11. The monoisotopic (exact) mass is 435 g/mol. The molecular formula is C23H21N3O4S. The number of nitrogens with one attached hydrogen (secondary N) is 1. The lowest BCUT2D eigenvalue weighted by Gasteiger charge is -2.11. The molecular weight excluding hydrogens is 414 g/mol. The normalized spacial score (nSPS) is 11.4. The Morgan fingerprint density at radius 3 is 2.19 bits per heavy atom. The molecule has 0 aliphatic carbocycles. The Morgan fingerprint density at radius 1 is 0.871 bits per heavy atom. The highest BCUT2D eigenvalue weighted by molar-refractivity contribution is 7.89. The lowest BCUT2D eigenvalue weighted by Crippen LogP contribution is -2.26. The van der Waals surface area contributed by atoms with Crippen LogP contribution in [0.1, 0.15) is 5.56 Å². The summed E-state index contributed by atoms with van der Waals surface area (Å²) in [5.74, 6) is 0.817. The molecule has 1 aromatic heterocycles. The molecule has 0 aliphatic heterocycles. The van der Waals surface area contributed by atoms with Crippen molar-refractivity contribution in [3.8, 4) is 28.7 Å². The number of aromatic nitrogens is 2. The predicted octanol–water partition coefficient (Wildman–Crippen LogP) is 3.93. The van der Waals surface area contributed by atoms with Crippen LogP contribution in [-0.4, -0.2) is 32.3 Å². The minimum absolute atomic E-state index is 0.0139. The second-order valence-electron chi connectivity index (χ2n) is 6.78. The third-order valence-electron chi connectivity index (χ3n) is 4.69. The zero-order chi connectivity index (χ0) is 21.7. The summed E-state index contributed by atoms with van der Waals surface area (Å²) in [7, 11) is -2.39. The van der Waals surface area contributed by atoms with Crippen LogP contribution < -0.4 is 9.46 Å². The number of nitrogens with zero attached hydrogens (tertiary/aromatic N) is 2. The highest BCUT2D eigenvalue weighted by Crippen LogP contribution is 2.30. The van der Waals surface area contributed by atoms with Crippen molar-refractivity contribution in [2.45, 2.75) is 11.3 Å². The minimum Gasteiger partial charge on any atom is -0.495 e. The summed E-state index contributed by atoms with van der Waals surface area (Å²) in [6.45, 7) is 0.262. The molecule has 0 atom stereocenters. The SMILES string of the molecule is COc1ccc(-c2nnc(-c3ccccc3)o2)cc1S(=O)(=O)NCCc1ccccc1. The number of sulfonamides is 1. The number of hydrogen-bond donors (Lipinski definition) is 1. The molecule has 0 bridgehead atoms. The van der Waals surface area contributed by atoms with Crippen molar-refractivity contribution in [3.63, 3.8) is 0 Å². The minimum atomic E-state index is -3.81. The molecule has 0 unspecified atom stereocenters. The summed E-state index contributed by atoms with van der Waals surface area (Å²) in [6, 6.07) is 23.8. The van der Waals surface area contributed by atoms with Crippen LogP contribution >= 0.6 is 0 Å². The van der Waals surface area contributed by atoms with Crippen molar-refractivity contribution >= 4 is 10.0 Å². The maximum Gasteiger partial charge on any atom is 0.248 e. The van der Waals surface area contributed by atoms with Gasteiger partial charge in [-0.25, -0.2) is 13.1 Å². The quantitative estimate of drug-likeness (QED) is 0.451. The van der Waals surface area contributed by atoms with Gasteiger partial charge < -0.3 is 9.15 Å². The Kier molecular flexibility index (Phi) is 6.11. The molecule has 8 heteroatoms. The zero-order valence-corrected chi connectivity index (χ0v) is 17.7. The van der Waals surface area contributed by atoms with Crippen LogP contribution in [-0.2, 0) is 16.4 Å². The van der Waals surface area contributed by atoms with Crippen LogP contribution in [0.3, 0.4) is 0 Å². The van der Waals surface area contributed by atoms with E-state index >= 15 is 0 Å². The summed E-state index contributed by atoms with van der Waals surface area (Å²) in [6.07, 6.45) is 0.576. The van der Waals surface area contributed by atoms with E-state index in [2.05, 4.69) is 14.9 Å². The Morgan fingerprint density at radius 2 is 1.52 bits per heavy atom. The Balaban J connectivity index is 1.58. The molecule has 0 fully saturated rings. The van der Waals surface area contributed by atoms with Crippen molar-refractivity contribution in [2.24, 2.45) is 0 Å². The van der Waals surface area contributed by atoms with Crippen LogP contribution in [0.5, 0.6) is 5.75 Å². The average molecular weight is 436 g/mol. The molecule has 4 aromatic rings. The number of benzene rings is 3. The molecule has 0 aliphatic rings. The van der Waals surface area contributed by atoms with Crippen LogP contribution in [0.25, 0.3) is 22.9 Å². The first-order valence-electron chi connectivity index (χ1n) is 9.68. The largest absolute Gasteiger partial charge is 0.495 e. The maximum absolute atomic E-state index is 13.0. The predicted molar refractivity (Wildman–Crippen MR) is 117 cm³/mol. The van der Waals surface area contributed by atoms with Gasteiger partial charge in [0.15, 0.2) is 0 Å². The van der Waals surface area contributed by atoms with E-state index in [1.165, 1.54) is 13.2 Å². The Bertz CT molecular complexity index is 1260. The van der Waals surface area contributed by atoms with Crippen molar-refractivity contribution in [3.05, 3.63) is 84.4 Å². The van der Waals surface area contributed by atoms with Gasteiger partial charge in [-0.3, -0.25) is 0 Å². The van der Waals surface area contributed by atoms with Gasteiger partial charge in [0.1, 0.15) is 10.6 Å². The fraction of sp³-hybridized carbons (Fsp3) is 0.130. The lowest BCUT2D eigenvalue weighted by molar-refractivity contribution is 0.402. The van der Waals surface area contributed by atoms with Crippen LogP contribution in [0.2, 0.25) is 0 Å². The van der Waals surface area contributed by atoms with Crippen molar-refractivity contribution < 1.29 is 17.6 Å². The number of rotatable bonds is 8. The molecule has 31 heavy (non-hydrogen) atoms. The highest BCUT2D eigenvalue weighted by Gasteiger charge is 2.22. The number of methoxy groups -OCH3 is 1. The van der Waals surface area contributed by atoms with E-state index in [-0.39, 0.29) is 23.1 Å². The lowest BCUT2D eigenvalue weighted by atomic mass is 10.2. The van der Waals surface area contributed by atoms with Gasteiger partial charge in [-0.2, -0.15) is 0 Å². The van der Waals surface area contributed by atoms with Crippen LogP contribution in [0.15, 0.2) is 88.2 Å². The van der Waals surface area contributed by atoms with Gasteiger partial charge in [0.25, 0.3) is 0 Å². The topological polar surface area (TPSA) is 94.3 Å². The van der Waals surface area contributed by atoms with Gasteiger partial charge in [0, 0.05) is 17.7 Å². The van der Waals surface area contributed by atoms with Crippen molar-refractivity contribution in [2.75, 3.05) is 13.7 Å². The van der Waals surface area contributed by atoms with E-state index in [4.69, 9.17) is 9.15 Å². The van der Waals surface area contributed by atoms with Gasteiger partial charge in [-0.05, 0) is 42.3 Å². The molecule has 0 saturated heterocycles. The molecule has 0 spiro atoms.